The van der Waals surface area contributed by atoms with Crippen LogP contribution in [0.15, 0.2) is 23.6 Å². The Labute approximate surface area is 183 Å². The van der Waals surface area contributed by atoms with Crippen LogP contribution < -0.4 is 5.32 Å². The number of likely N-dealkylation sites (tertiary alicyclic amines) is 1. The molecule has 156 valence electrons. The Hall–Kier alpha value is -2.63. The van der Waals surface area contributed by atoms with E-state index >= 15 is 0 Å². The van der Waals surface area contributed by atoms with Gasteiger partial charge in [0.2, 0.25) is 5.91 Å². The normalized spacial score (nSPS) is 20.7. The number of carbonyl (C=O) groups is 2. The lowest BCUT2D eigenvalue weighted by Crippen LogP contribution is -2.37. The summed E-state index contributed by atoms with van der Waals surface area (Å²) in [5.41, 5.74) is 1.51. The monoisotopic (exact) mass is 441 g/mol. The van der Waals surface area contributed by atoms with Crippen molar-refractivity contribution in [3.63, 3.8) is 0 Å². The van der Waals surface area contributed by atoms with Gasteiger partial charge in [-0.1, -0.05) is 6.07 Å². The van der Waals surface area contributed by atoms with Crippen molar-refractivity contribution < 1.29 is 14.3 Å². The summed E-state index contributed by atoms with van der Waals surface area (Å²) in [5, 5.41) is 15.0. The fourth-order valence-electron chi connectivity index (χ4n) is 3.97. The molecule has 0 bridgehead atoms. The number of fused-ring (bicyclic) bond motifs is 1. The summed E-state index contributed by atoms with van der Waals surface area (Å²) >= 11 is 2.96. The summed E-state index contributed by atoms with van der Waals surface area (Å²) in [6, 6.07) is 6.33. The maximum Gasteiger partial charge on any atom is 0.410 e. The number of nitrogens with zero attached hydrogens (tertiary/aromatic N) is 2. The molecular weight excluding hydrogens is 418 g/mol. The number of nitrogens with one attached hydrogen (secondary N) is 1. The van der Waals surface area contributed by atoms with Crippen molar-refractivity contribution in [2.24, 2.45) is 0 Å². The van der Waals surface area contributed by atoms with E-state index < -0.39 is 0 Å². The maximum absolute atomic E-state index is 12.5. The first-order valence-electron chi connectivity index (χ1n) is 10.1. The van der Waals surface area contributed by atoms with E-state index in [1.807, 2.05) is 24.4 Å². The van der Waals surface area contributed by atoms with Crippen molar-refractivity contribution in [2.75, 3.05) is 11.9 Å². The molecule has 0 radical (unpaired) electrons. The summed E-state index contributed by atoms with van der Waals surface area (Å²) in [5.74, 6) is -0.260. The minimum Gasteiger partial charge on any atom is -0.446 e. The Morgan fingerprint density at radius 1 is 1.40 bits per heavy atom. The van der Waals surface area contributed by atoms with Gasteiger partial charge in [0.1, 0.15) is 17.2 Å². The Morgan fingerprint density at radius 3 is 2.97 bits per heavy atom. The number of ether oxygens (including phenoxy) is 1. The predicted molar refractivity (Wildman–Crippen MR) is 119 cm³/mol. The van der Waals surface area contributed by atoms with E-state index in [1.54, 1.807) is 22.3 Å². The van der Waals surface area contributed by atoms with E-state index in [1.165, 1.54) is 17.4 Å². The van der Waals surface area contributed by atoms with Gasteiger partial charge < -0.3 is 15.0 Å². The number of nitriles is 1. The number of hydrogen-bond acceptors (Lipinski definition) is 6. The summed E-state index contributed by atoms with van der Waals surface area (Å²) in [7, 11) is 0. The van der Waals surface area contributed by atoms with Gasteiger partial charge >= 0.3 is 6.09 Å². The van der Waals surface area contributed by atoms with E-state index in [-0.39, 0.29) is 24.1 Å². The number of carbonyl (C=O) groups excluding carboxylic acids is 2. The van der Waals surface area contributed by atoms with Gasteiger partial charge in [0.15, 0.2) is 0 Å². The molecule has 2 aromatic heterocycles. The number of rotatable bonds is 4. The topological polar surface area (TPSA) is 82.4 Å². The summed E-state index contributed by atoms with van der Waals surface area (Å²) in [6.07, 6.45) is 6.80. The lowest BCUT2D eigenvalue weighted by molar-refractivity contribution is -0.111. The molecule has 30 heavy (non-hydrogen) atoms. The molecule has 6 nitrogen and oxygen atoms in total. The molecule has 1 aliphatic carbocycles. The molecule has 2 aliphatic rings. The van der Waals surface area contributed by atoms with Crippen molar-refractivity contribution in [1.29, 1.82) is 5.26 Å². The number of amides is 2. The predicted octanol–water partition coefficient (Wildman–Crippen LogP) is 4.81. The minimum atomic E-state index is -0.260. The van der Waals surface area contributed by atoms with Crippen LogP contribution in [0.4, 0.5) is 9.80 Å². The molecule has 1 saturated heterocycles. The zero-order valence-corrected chi connectivity index (χ0v) is 18.4. The van der Waals surface area contributed by atoms with Crippen molar-refractivity contribution in [3.05, 3.63) is 44.5 Å². The van der Waals surface area contributed by atoms with Crippen molar-refractivity contribution in [3.8, 4) is 6.07 Å². The first-order chi connectivity index (χ1) is 14.5. The second-order valence-corrected chi connectivity index (χ2v) is 9.68. The zero-order valence-electron chi connectivity index (χ0n) is 16.7. The summed E-state index contributed by atoms with van der Waals surface area (Å²) in [6.45, 7) is 2.80. The van der Waals surface area contributed by atoms with E-state index in [4.69, 9.17) is 4.74 Å². The number of hydrogen-bond donors (Lipinski definition) is 1. The highest BCUT2D eigenvalue weighted by molar-refractivity contribution is 7.16. The van der Waals surface area contributed by atoms with Gasteiger partial charge in [-0.2, -0.15) is 5.26 Å². The molecule has 8 heteroatoms. The first-order valence-corrected chi connectivity index (χ1v) is 11.8. The third-order valence-electron chi connectivity index (χ3n) is 5.57. The Kier molecular flexibility index (Phi) is 6.21. The van der Waals surface area contributed by atoms with Crippen LogP contribution in [0.5, 0.6) is 0 Å². The Bertz CT molecular complexity index is 1000. The Morgan fingerprint density at radius 2 is 2.27 bits per heavy atom. The molecule has 0 spiro atoms. The molecule has 1 fully saturated rings. The van der Waals surface area contributed by atoms with Gasteiger partial charge in [0, 0.05) is 34.8 Å². The Balaban J connectivity index is 1.42. The van der Waals surface area contributed by atoms with E-state index in [2.05, 4.69) is 11.4 Å². The molecule has 0 aromatic carbocycles. The van der Waals surface area contributed by atoms with Crippen LogP contribution in [0, 0.1) is 11.3 Å². The van der Waals surface area contributed by atoms with Crippen molar-refractivity contribution in [1.82, 2.24) is 4.90 Å². The molecule has 0 saturated carbocycles. The summed E-state index contributed by atoms with van der Waals surface area (Å²) in [4.78, 5) is 28.6. The highest BCUT2D eigenvalue weighted by atomic mass is 32.1. The second-order valence-electron chi connectivity index (χ2n) is 7.59. The van der Waals surface area contributed by atoms with Crippen molar-refractivity contribution >= 4 is 45.8 Å². The average molecular weight is 442 g/mol. The molecule has 1 N–H and O–H groups in total. The second kappa shape index (κ2) is 9.02. The van der Waals surface area contributed by atoms with Gasteiger partial charge in [-0.25, -0.2) is 4.79 Å². The van der Waals surface area contributed by atoms with E-state index in [0.29, 0.717) is 29.8 Å². The molecule has 1 aliphatic heterocycles. The van der Waals surface area contributed by atoms with Crippen LogP contribution >= 0.6 is 22.7 Å². The van der Waals surface area contributed by atoms with Gasteiger partial charge in [-0.3, -0.25) is 4.79 Å². The van der Waals surface area contributed by atoms with Crippen LogP contribution in [-0.2, 0) is 22.4 Å². The zero-order chi connectivity index (χ0) is 21.1. The number of anilines is 1. The first kappa shape index (κ1) is 20.6. The molecule has 2 aromatic rings. The quantitative estimate of drug-likeness (QED) is 0.690. The van der Waals surface area contributed by atoms with Crippen LogP contribution in [0.25, 0.3) is 6.08 Å². The fraction of sp³-hybridized carbons (Fsp3) is 0.409. The average Bonchev–Trinajstić information content (AvgIpc) is 3.45. The summed E-state index contributed by atoms with van der Waals surface area (Å²) < 4.78 is 5.76. The smallest absolute Gasteiger partial charge is 0.410 e. The highest BCUT2D eigenvalue weighted by Gasteiger charge is 2.32. The SMILES string of the molecule is CC1CCCN1C(=O)OC1CCc2c(sc(NC(=O)/C=C/c3cccs3)c2C#N)C1. The van der Waals surface area contributed by atoms with E-state index in [9.17, 15) is 14.9 Å². The third-order valence-corrected chi connectivity index (χ3v) is 7.57. The molecule has 4 rings (SSSR count). The van der Waals surface area contributed by atoms with Gasteiger partial charge in [-0.05, 0) is 55.7 Å². The standard InChI is InChI=1S/C22H23N3O3S2/c1-14-4-2-10-25(14)22(27)28-15-6-8-17-18(13-23)21(30-19(17)12-15)24-20(26)9-7-16-5-3-11-29-16/h3,5,7,9,11,14-15H,2,4,6,8,10,12H2,1H3,(H,24,26)/b9-7+. The number of thiophene rings is 2. The van der Waals surface area contributed by atoms with Crippen LogP contribution in [-0.4, -0.2) is 35.6 Å². The molecular formula is C22H23N3O3S2. The lowest BCUT2D eigenvalue weighted by Gasteiger charge is -2.27. The molecule has 2 amide bonds. The van der Waals surface area contributed by atoms with Gasteiger partial charge in [-0.15, -0.1) is 22.7 Å². The van der Waals surface area contributed by atoms with Gasteiger partial charge in [0.05, 0.1) is 5.56 Å². The highest BCUT2D eigenvalue weighted by Crippen LogP contribution is 2.38. The lowest BCUT2D eigenvalue weighted by atomic mass is 9.94. The molecule has 2 atom stereocenters. The van der Waals surface area contributed by atoms with Crippen LogP contribution in [0.2, 0.25) is 0 Å². The van der Waals surface area contributed by atoms with Crippen LogP contribution in [0.3, 0.4) is 0 Å². The molecule has 3 heterocycles. The maximum atomic E-state index is 12.5. The molecule has 2 unspecified atom stereocenters. The van der Waals surface area contributed by atoms with Gasteiger partial charge in [0.25, 0.3) is 0 Å². The van der Waals surface area contributed by atoms with Crippen LogP contribution in [0.1, 0.15) is 47.1 Å². The third kappa shape index (κ3) is 4.42. The minimum absolute atomic E-state index is 0.190. The largest absolute Gasteiger partial charge is 0.446 e. The van der Waals surface area contributed by atoms with Crippen molar-refractivity contribution in [2.45, 2.75) is 51.2 Å². The fourth-order valence-corrected chi connectivity index (χ4v) is 5.86. The van der Waals surface area contributed by atoms with E-state index in [0.717, 1.165) is 34.7 Å².